The molecule has 0 aliphatic carbocycles. The Morgan fingerprint density at radius 3 is 2.42 bits per heavy atom. The summed E-state index contributed by atoms with van der Waals surface area (Å²) in [4.78, 5) is 2.18. The Labute approximate surface area is 118 Å². The molecule has 0 saturated heterocycles. The zero-order valence-corrected chi connectivity index (χ0v) is 11.6. The number of nitriles is 1. The number of rotatable bonds is 4. The summed E-state index contributed by atoms with van der Waals surface area (Å²) >= 11 is 5.87. The summed E-state index contributed by atoms with van der Waals surface area (Å²) in [6.45, 7) is 1.59. The van der Waals surface area contributed by atoms with Crippen LogP contribution in [-0.2, 0) is 13.1 Å². The van der Waals surface area contributed by atoms with Gasteiger partial charge in [-0.3, -0.25) is 4.90 Å². The second kappa shape index (κ2) is 6.38. The number of hydrogen-bond donors (Lipinski definition) is 0. The molecule has 0 unspecified atom stereocenters. The second-order valence-electron chi connectivity index (χ2n) is 4.57. The Bertz CT molecular complexity index is 584. The second-order valence-corrected chi connectivity index (χ2v) is 5.00. The van der Waals surface area contributed by atoms with Crippen LogP contribution in [0, 0.1) is 11.3 Å². The van der Waals surface area contributed by atoms with Crippen molar-refractivity contribution in [1.29, 1.82) is 5.26 Å². The van der Waals surface area contributed by atoms with Crippen molar-refractivity contribution >= 4 is 11.6 Å². The molecule has 0 heterocycles. The number of benzene rings is 2. The van der Waals surface area contributed by atoms with E-state index in [-0.39, 0.29) is 0 Å². The van der Waals surface area contributed by atoms with Gasteiger partial charge in [-0.05, 0) is 36.4 Å². The molecule has 0 atom stereocenters. The summed E-state index contributed by atoms with van der Waals surface area (Å²) in [6, 6.07) is 17.8. The maximum atomic E-state index is 9.07. The van der Waals surface area contributed by atoms with Crippen LogP contribution < -0.4 is 0 Å². The highest BCUT2D eigenvalue weighted by Gasteiger charge is 2.05. The highest BCUT2D eigenvalue weighted by atomic mass is 35.5. The molecule has 0 bridgehead atoms. The Kier molecular flexibility index (Phi) is 4.57. The summed E-state index contributed by atoms with van der Waals surface area (Å²) in [5.74, 6) is 0. The summed E-state index contributed by atoms with van der Waals surface area (Å²) < 4.78 is 0. The Hall–Kier alpha value is -1.82. The fourth-order valence-electron chi connectivity index (χ4n) is 2.02. The lowest BCUT2D eigenvalue weighted by molar-refractivity contribution is 0.319. The topological polar surface area (TPSA) is 27.0 Å². The van der Waals surface area contributed by atoms with Crippen LogP contribution in [0.1, 0.15) is 16.7 Å². The van der Waals surface area contributed by atoms with E-state index >= 15 is 0 Å². The van der Waals surface area contributed by atoms with Crippen LogP contribution in [0.4, 0.5) is 0 Å². The van der Waals surface area contributed by atoms with Crippen LogP contribution in [0.5, 0.6) is 0 Å². The highest BCUT2D eigenvalue weighted by Crippen LogP contribution is 2.14. The Morgan fingerprint density at radius 1 is 1.05 bits per heavy atom. The van der Waals surface area contributed by atoms with Gasteiger partial charge in [0.15, 0.2) is 0 Å². The molecule has 0 amide bonds. The molecule has 0 N–H and O–H groups in total. The number of nitrogens with zero attached hydrogens (tertiary/aromatic N) is 2. The van der Waals surface area contributed by atoms with Gasteiger partial charge >= 0.3 is 0 Å². The molecule has 0 spiro atoms. The molecule has 2 rings (SSSR count). The Morgan fingerprint density at radius 2 is 1.74 bits per heavy atom. The lowest BCUT2D eigenvalue weighted by Gasteiger charge is -2.17. The maximum Gasteiger partial charge on any atom is 0.0995 e. The van der Waals surface area contributed by atoms with Crippen LogP contribution in [0.3, 0.4) is 0 Å². The molecule has 0 radical (unpaired) electrons. The van der Waals surface area contributed by atoms with E-state index < -0.39 is 0 Å². The van der Waals surface area contributed by atoms with Gasteiger partial charge in [0.2, 0.25) is 0 Å². The molecule has 0 aliphatic rings. The minimum atomic E-state index is 0.741. The number of halogens is 1. The van der Waals surface area contributed by atoms with Crippen molar-refractivity contribution in [2.24, 2.45) is 0 Å². The molecule has 19 heavy (non-hydrogen) atoms. The van der Waals surface area contributed by atoms with E-state index in [9.17, 15) is 0 Å². The van der Waals surface area contributed by atoms with Gasteiger partial charge in [-0.25, -0.2) is 0 Å². The van der Waals surface area contributed by atoms with Crippen LogP contribution in [-0.4, -0.2) is 11.9 Å². The van der Waals surface area contributed by atoms with Crippen LogP contribution in [0.25, 0.3) is 0 Å². The summed E-state index contributed by atoms with van der Waals surface area (Å²) in [5.41, 5.74) is 3.01. The predicted octanol–water partition coefficient (Wildman–Crippen LogP) is 3.84. The van der Waals surface area contributed by atoms with Gasteiger partial charge in [0.25, 0.3) is 0 Å². The fraction of sp³-hybridized carbons (Fsp3) is 0.188. The normalized spacial score (nSPS) is 10.4. The van der Waals surface area contributed by atoms with Gasteiger partial charge in [-0.2, -0.15) is 5.26 Å². The molecule has 0 aromatic heterocycles. The molecule has 0 aliphatic heterocycles. The minimum absolute atomic E-state index is 0.741. The van der Waals surface area contributed by atoms with Crippen LogP contribution in [0.15, 0.2) is 48.5 Å². The first kappa shape index (κ1) is 13.6. The quantitative estimate of drug-likeness (QED) is 0.844. The third-order valence-corrected chi connectivity index (χ3v) is 3.20. The van der Waals surface area contributed by atoms with E-state index in [2.05, 4.69) is 11.0 Å². The van der Waals surface area contributed by atoms with E-state index in [0.717, 1.165) is 29.2 Å². The van der Waals surface area contributed by atoms with Crippen molar-refractivity contribution in [2.75, 3.05) is 7.05 Å². The van der Waals surface area contributed by atoms with Gasteiger partial charge in [0.05, 0.1) is 11.6 Å². The highest BCUT2D eigenvalue weighted by molar-refractivity contribution is 6.30. The third kappa shape index (κ3) is 3.82. The van der Waals surface area contributed by atoms with Crippen molar-refractivity contribution in [3.8, 4) is 6.07 Å². The van der Waals surface area contributed by atoms with E-state index in [0.29, 0.717) is 0 Å². The largest absolute Gasteiger partial charge is 0.298 e. The van der Waals surface area contributed by atoms with Crippen LogP contribution >= 0.6 is 11.6 Å². The molecule has 0 fully saturated rings. The molecule has 2 nitrogen and oxygen atoms in total. The number of hydrogen-bond acceptors (Lipinski definition) is 2. The monoisotopic (exact) mass is 270 g/mol. The molecule has 3 heteroatoms. The maximum absolute atomic E-state index is 9.07. The van der Waals surface area contributed by atoms with Crippen molar-refractivity contribution in [3.63, 3.8) is 0 Å². The summed E-state index contributed by atoms with van der Waals surface area (Å²) in [6.07, 6.45) is 0. The Balaban J connectivity index is 2.03. The first-order valence-corrected chi connectivity index (χ1v) is 6.48. The van der Waals surface area contributed by atoms with Gasteiger partial charge in [0.1, 0.15) is 0 Å². The summed E-state index contributed by atoms with van der Waals surface area (Å²) in [5, 5.41) is 9.82. The van der Waals surface area contributed by atoms with Crippen molar-refractivity contribution in [2.45, 2.75) is 13.1 Å². The van der Waals surface area contributed by atoms with Gasteiger partial charge < -0.3 is 0 Å². The van der Waals surface area contributed by atoms with Gasteiger partial charge in [-0.1, -0.05) is 41.9 Å². The molecule has 0 saturated carbocycles. The molecular formula is C16H15ClN2. The predicted molar refractivity (Wildman–Crippen MR) is 77.8 cm³/mol. The SMILES string of the molecule is CN(Cc1ccc(Cl)cc1)Cc1ccccc1C#N. The standard InChI is InChI=1S/C16H15ClN2/c1-19(11-13-6-8-16(17)9-7-13)12-15-5-3-2-4-14(15)10-18/h2-9H,11-12H2,1H3. The zero-order chi connectivity index (χ0) is 13.7. The zero-order valence-electron chi connectivity index (χ0n) is 10.8. The van der Waals surface area contributed by atoms with Gasteiger partial charge in [-0.15, -0.1) is 0 Å². The van der Waals surface area contributed by atoms with Crippen molar-refractivity contribution in [3.05, 3.63) is 70.2 Å². The van der Waals surface area contributed by atoms with E-state index in [4.69, 9.17) is 16.9 Å². The lowest BCUT2D eigenvalue weighted by atomic mass is 10.1. The molecule has 96 valence electrons. The van der Waals surface area contributed by atoms with Crippen molar-refractivity contribution < 1.29 is 0 Å². The van der Waals surface area contributed by atoms with Gasteiger partial charge in [0, 0.05) is 18.1 Å². The van der Waals surface area contributed by atoms with E-state index in [1.807, 2.05) is 55.6 Å². The lowest BCUT2D eigenvalue weighted by Crippen LogP contribution is -2.17. The van der Waals surface area contributed by atoms with Crippen LogP contribution in [0.2, 0.25) is 5.02 Å². The van der Waals surface area contributed by atoms with Crippen molar-refractivity contribution in [1.82, 2.24) is 4.90 Å². The average molecular weight is 271 g/mol. The minimum Gasteiger partial charge on any atom is -0.298 e. The fourth-order valence-corrected chi connectivity index (χ4v) is 2.14. The van der Waals surface area contributed by atoms with E-state index in [1.54, 1.807) is 0 Å². The molecular weight excluding hydrogens is 256 g/mol. The molecule has 2 aromatic carbocycles. The first-order chi connectivity index (χ1) is 9.19. The van der Waals surface area contributed by atoms with E-state index in [1.165, 1.54) is 5.56 Å². The third-order valence-electron chi connectivity index (χ3n) is 2.94. The average Bonchev–Trinajstić information content (AvgIpc) is 2.42. The first-order valence-electron chi connectivity index (χ1n) is 6.10. The summed E-state index contributed by atoms with van der Waals surface area (Å²) in [7, 11) is 2.04. The molecule has 2 aromatic rings. The smallest absolute Gasteiger partial charge is 0.0995 e.